The number of anilines is 2. The number of rotatable bonds is 3. The highest BCUT2D eigenvalue weighted by atomic mass is 32.1. The molecule has 0 fully saturated rings. The van der Waals surface area contributed by atoms with Crippen LogP contribution in [0.4, 0.5) is 11.4 Å². The maximum atomic E-state index is 8.76. The molecule has 0 unspecified atom stereocenters. The summed E-state index contributed by atoms with van der Waals surface area (Å²) in [5.41, 5.74) is 7.64. The first-order valence-electron chi connectivity index (χ1n) is 5.14. The quantitative estimate of drug-likeness (QED) is 0.813. The van der Waals surface area contributed by atoms with Crippen molar-refractivity contribution in [2.24, 2.45) is 0 Å². The van der Waals surface area contributed by atoms with Gasteiger partial charge in [0.05, 0.1) is 22.8 Å². The van der Waals surface area contributed by atoms with Crippen molar-refractivity contribution >= 4 is 22.7 Å². The zero-order chi connectivity index (χ0) is 12.3. The van der Waals surface area contributed by atoms with Crippen LogP contribution in [0.15, 0.2) is 24.4 Å². The Hall–Kier alpha value is -2.06. The number of nitrogens with two attached hydrogens (primary N) is 1. The van der Waals surface area contributed by atoms with Crippen molar-refractivity contribution < 1.29 is 0 Å². The molecule has 0 aliphatic rings. The van der Waals surface area contributed by atoms with E-state index in [1.54, 1.807) is 23.5 Å². The van der Waals surface area contributed by atoms with Crippen LogP contribution in [-0.2, 0) is 6.54 Å². The summed E-state index contributed by atoms with van der Waals surface area (Å²) in [6, 6.07) is 7.38. The lowest BCUT2D eigenvalue weighted by Gasteiger charge is -2.06. The van der Waals surface area contributed by atoms with Crippen molar-refractivity contribution in [1.29, 1.82) is 5.26 Å². The number of nitrogens with one attached hydrogen (secondary N) is 1. The number of benzene rings is 1. The number of nitriles is 1. The van der Waals surface area contributed by atoms with Gasteiger partial charge < -0.3 is 11.1 Å². The van der Waals surface area contributed by atoms with Gasteiger partial charge in [-0.1, -0.05) is 0 Å². The fourth-order valence-corrected chi connectivity index (χ4v) is 2.19. The van der Waals surface area contributed by atoms with Gasteiger partial charge in [-0.05, 0) is 25.1 Å². The normalized spacial score (nSPS) is 9.88. The molecule has 1 aromatic carbocycles. The maximum absolute atomic E-state index is 8.76. The van der Waals surface area contributed by atoms with E-state index in [0.29, 0.717) is 11.3 Å². The molecule has 0 radical (unpaired) electrons. The third kappa shape index (κ3) is 2.74. The Morgan fingerprint density at radius 3 is 2.94 bits per heavy atom. The standard InChI is InChI=1S/C12H12N4S/c1-8-15-6-11(17-8)7-16-10-3-2-9(5-13)12(14)4-10/h2-4,6,16H,7,14H2,1H3. The van der Waals surface area contributed by atoms with Crippen LogP contribution in [0.25, 0.3) is 0 Å². The van der Waals surface area contributed by atoms with Crippen molar-refractivity contribution in [2.75, 3.05) is 11.1 Å². The van der Waals surface area contributed by atoms with Gasteiger partial charge >= 0.3 is 0 Å². The SMILES string of the molecule is Cc1ncc(CNc2ccc(C#N)c(N)c2)s1. The Bertz CT molecular complexity index is 568. The average Bonchev–Trinajstić information content (AvgIpc) is 2.73. The second-order valence-electron chi connectivity index (χ2n) is 3.61. The summed E-state index contributed by atoms with van der Waals surface area (Å²) in [6.07, 6.45) is 1.86. The van der Waals surface area contributed by atoms with Crippen molar-refractivity contribution in [3.8, 4) is 6.07 Å². The predicted octanol–water partition coefficient (Wildman–Crippen LogP) is 2.52. The highest BCUT2D eigenvalue weighted by Crippen LogP contribution is 2.19. The van der Waals surface area contributed by atoms with Crippen molar-refractivity contribution in [3.05, 3.63) is 39.8 Å². The van der Waals surface area contributed by atoms with Gasteiger partial charge in [-0.15, -0.1) is 11.3 Å². The van der Waals surface area contributed by atoms with Crippen LogP contribution in [-0.4, -0.2) is 4.98 Å². The first kappa shape index (κ1) is 11.4. The van der Waals surface area contributed by atoms with Crippen LogP contribution in [0.2, 0.25) is 0 Å². The van der Waals surface area contributed by atoms with Gasteiger partial charge in [-0.3, -0.25) is 0 Å². The molecule has 2 aromatic rings. The van der Waals surface area contributed by atoms with E-state index in [4.69, 9.17) is 11.0 Å². The third-order valence-corrected chi connectivity index (χ3v) is 3.22. The minimum Gasteiger partial charge on any atom is -0.398 e. The average molecular weight is 244 g/mol. The molecule has 17 heavy (non-hydrogen) atoms. The Morgan fingerprint density at radius 1 is 1.53 bits per heavy atom. The Labute approximate surface area is 104 Å². The second kappa shape index (κ2) is 4.85. The molecule has 0 atom stereocenters. The van der Waals surface area contributed by atoms with Gasteiger partial charge in [0.2, 0.25) is 0 Å². The van der Waals surface area contributed by atoms with Gasteiger partial charge in [0, 0.05) is 16.8 Å². The molecule has 2 rings (SSSR count). The van der Waals surface area contributed by atoms with E-state index in [9.17, 15) is 0 Å². The summed E-state index contributed by atoms with van der Waals surface area (Å²) < 4.78 is 0. The van der Waals surface area contributed by atoms with Crippen LogP contribution in [0.1, 0.15) is 15.4 Å². The molecule has 4 nitrogen and oxygen atoms in total. The van der Waals surface area contributed by atoms with Crippen molar-refractivity contribution in [3.63, 3.8) is 0 Å². The van der Waals surface area contributed by atoms with E-state index in [2.05, 4.69) is 10.3 Å². The summed E-state index contributed by atoms with van der Waals surface area (Å²) in [7, 11) is 0. The molecule has 86 valence electrons. The minimum atomic E-state index is 0.498. The fourth-order valence-electron chi connectivity index (χ4n) is 1.45. The maximum Gasteiger partial charge on any atom is 0.101 e. The summed E-state index contributed by atoms with van der Waals surface area (Å²) in [4.78, 5) is 5.36. The molecule has 0 saturated heterocycles. The molecule has 1 heterocycles. The Balaban J connectivity index is 2.05. The molecule has 0 aliphatic heterocycles. The minimum absolute atomic E-state index is 0.498. The Kier molecular flexibility index (Phi) is 3.26. The first-order valence-corrected chi connectivity index (χ1v) is 5.95. The number of nitrogens with zero attached hydrogens (tertiary/aromatic N) is 2. The third-order valence-electron chi connectivity index (χ3n) is 2.31. The fraction of sp³-hybridized carbons (Fsp3) is 0.167. The smallest absolute Gasteiger partial charge is 0.101 e. The topological polar surface area (TPSA) is 74.7 Å². The van der Waals surface area contributed by atoms with Gasteiger partial charge in [-0.2, -0.15) is 5.26 Å². The molecule has 1 aromatic heterocycles. The summed E-state index contributed by atoms with van der Waals surface area (Å²) in [6.45, 7) is 2.70. The summed E-state index contributed by atoms with van der Waals surface area (Å²) in [5, 5.41) is 13.1. The lowest BCUT2D eigenvalue weighted by atomic mass is 10.2. The number of thiazole rings is 1. The molecule has 3 N–H and O–H groups in total. The van der Waals surface area contributed by atoms with Crippen molar-refractivity contribution in [1.82, 2.24) is 4.98 Å². The van der Waals surface area contributed by atoms with E-state index in [0.717, 1.165) is 17.2 Å². The monoisotopic (exact) mass is 244 g/mol. The number of nitrogen functional groups attached to an aromatic ring is 1. The highest BCUT2D eigenvalue weighted by molar-refractivity contribution is 7.11. The number of hydrogen-bond acceptors (Lipinski definition) is 5. The molecule has 0 amide bonds. The molecular formula is C12H12N4S. The van der Waals surface area contributed by atoms with Crippen LogP contribution in [0.5, 0.6) is 0 Å². The number of aromatic nitrogens is 1. The summed E-state index contributed by atoms with van der Waals surface area (Å²) >= 11 is 1.66. The van der Waals surface area contributed by atoms with Gasteiger partial charge in [0.25, 0.3) is 0 Å². The van der Waals surface area contributed by atoms with Gasteiger partial charge in [-0.25, -0.2) is 4.98 Å². The zero-order valence-electron chi connectivity index (χ0n) is 9.40. The number of aryl methyl sites for hydroxylation is 1. The van der Waals surface area contributed by atoms with Crippen LogP contribution >= 0.6 is 11.3 Å². The van der Waals surface area contributed by atoms with Crippen LogP contribution in [0.3, 0.4) is 0 Å². The van der Waals surface area contributed by atoms with Crippen molar-refractivity contribution in [2.45, 2.75) is 13.5 Å². The van der Waals surface area contributed by atoms with Crippen LogP contribution < -0.4 is 11.1 Å². The molecule has 0 aliphatic carbocycles. The largest absolute Gasteiger partial charge is 0.398 e. The zero-order valence-corrected chi connectivity index (χ0v) is 10.2. The molecule has 0 bridgehead atoms. The lowest BCUT2D eigenvalue weighted by Crippen LogP contribution is -1.99. The highest BCUT2D eigenvalue weighted by Gasteiger charge is 2.01. The van der Waals surface area contributed by atoms with E-state index in [1.165, 1.54) is 4.88 Å². The van der Waals surface area contributed by atoms with E-state index < -0.39 is 0 Å². The van der Waals surface area contributed by atoms with Crippen LogP contribution in [0, 0.1) is 18.3 Å². The van der Waals surface area contributed by atoms with Gasteiger partial charge in [0.15, 0.2) is 0 Å². The van der Waals surface area contributed by atoms with E-state index in [-0.39, 0.29) is 0 Å². The first-order chi connectivity index (χ1) is 8.19. The predicted molar refractivity (Wildman–Crippen MR) is 69.7 cm³/mol. The molecule has 0 spiro atoms. The lowest BCUT2D eigenvalue weighted by molar-refractivity contribution is 1.17. The van der Waals surface area contributed by atoms with Gasteiger partial charge in [0.1, 0.15) is 6.07 Å². The molecule has 5 heteroatoms. The second-order valence-corrected chi connectivity index (χ2v) is 4.93. The van der Waals surface area contributed by atoms with E-state index >= 15 is 0 Å². The van der Waals surface area contributed by atoms with E-state index in [1.807, 2.05) is 25.3 Å². The molecular weight excluding hydrogens is 232 g/mol. The summed E-state index contributed by atoms with van der Waals surface area (Å²) in [5.74, 6) is 0. The number of hydrogen-bond donors (Lipinski definition) is 2. The molecule has 0 saturated carbocycles. The Morgan fingerprint density at radius 2 is 2.35 bits per heavy atom.